The quantitative estimate of drug-likeness (QED) is 0.297. The predicted molar refractivity (Wildman–Crippen MR) is 120 cm³/mol. The van der Waals surface area contributed by atoms with E-state index in [9.17, 15) is 34.4 Å². The van der Waals surface area contributed by atoms with E-state index in [2.05, 4.69) is 15.0 Å². The van der Waals surface area contributed by atoms with Crippen molar-refractivity contribution in [3.63, 3.8) is 0 Å². The van der Waals surface area contributed by atoms with Crippen LogP contribution in [0.2, 0.25) is 0 Å². The fourth-order valence-corrected chi connectivity index (χ4v) is 5.73. The molecule has 14 heteroatoms. The molecule has 0 aliphatic carbocycles. The van der Waals surface area contributed by atoms with Crippen molar-refractivity contribution in [2.45, 2.75) is 88.9 Å². The topological polar surface area (TPSA) is 197 Å². The highest BCUT2D eigenvalue weighted by Gasteiger charge is 2.51. The number of hydrogen-bond acceptors (Lipinski definition) is 10. The number of aliphatic hydroxyl groups excluding tert-OH is 2. The Labute approximate surface area is 194 Å². The first-order valence-electron chi connectivity index (χ1n) is 11.1. The molecular formula is C20H31N4O9P. The second-order valence-electron chi connectivity index (χ2n) is 8.78. The summed E-state index contributed by atoms with van der Waals surface area (Å²) in [4.78, 5) is 44.1. The maximum absolute atomic E-state index is 12.9. The smallest absolute Gasteiger partial charge is 0.359 e. The Bertz CT molecular complexity index is 1200. The summed E-state index contributed by atoms with van der Waals surface area (Å²) in [6.07, 6.45) is -2.77. The number of aliphatic hydroxyl groups is 3. The first-order chi connectivity index (χ1) is 15.8. The molecule has 2 aromatic heterocycles. The minimum Gasteiger partial charge on any atom is -0.388 e. The Morgan fingerprint density at radius 1 is 1.21 bits per heavy atom. The molecule has 190 valence electrons. The summed E-state index contributed by atoms with van der Waals surface area (Å²) in [6, 6.07) is 0. The van der Waals surface area contributed by atoms with Gasteiger partial charge in [-0.2, -0.15) is 4.98 Å². The van der Waals surface area contributed by atoms with Gasteiger partial charge in [0.15, 0.2) is 11.6 Å². The van der Waals surface area contributed by atoms with Crippen LogP contribution in [-0.2, 0) is 13.8 Å². The maximum atomic E-state index is 12.9. The van der Waals surface area contributed by atoms with E-state index in [0.29, 0.717) is 5.39 Å². The van der Waals surface area contributed by atoms with Gasteiger partial charge in [-0.3, -0.25) is 14.1 Å². The van der Waals surface area contributed by atoms with Gasteiger partial charge in [0, 0.05) is 18.8 Å². The lowest BCUT2D eigenvalue weighted by Crippen LogP contribution is -2.40. The van der Waals surface area contributed by atoms with Gasteiger partial charge >= 0.3 is 19.0 Å². The zero-order chi connectivity index (χ0) is 25.5. The highest BCUT2D eigenvalue weighted by molar-refractivity contribution is 7.54. The number of fused-ring (bicyclic) bond motifs is 1. The van der Waals surface area contributed by atoms with Gasteiger partial charge in [-0.05, 0) is 26.2 Å². The second kappa shape index (κ2) is 9.57. The first kappa shape index (κ1) is 26.6. The molecule has 3 rings (SSSR count). The average Bonchev–Trinajstić information content (AvgIpc) is 3.05. The van der Waals surface area contributed by atoms with Gasteiger partial charge in [0.25, 0.3) is 0 Å². The van der Waals surface area contributed by atoms with E-state index < -0.39 is 54.5 Å². The molecule has 1 aliphatic rings. The van der Waals surface area contributed by atoms with E-state index >= 15 is 0 Å². The van der Waals surface area contributed by atoms with Crippen LogP contribution < -0.4 is 11.4 Å². The number of rotatable bonds is 9. The van der Waals surface area contributed by atoms with Crippen LogP contribution in [0, 0.1) is 0 Å². The van der Waals surface area contributed by atoms with E-state index in [1.54, 1.807) is 27.7 Å². The lowest BCUT2D eigenvalue weighted by Gasteiger charge is -2.38. The summed E-state index contributed by atoms with van der Waals surface area (Å²) in [5.74, 6) is 0. The molecule has 0 aromatic carbocycles. The summed E-state index contributed by atoms with van der Waals surface area (Å²) in [5.41, 5.74) is -2.81. The standard InChI is InChI=1S/C20H31N4O9P/c1-5-19(4,33-34(30,31)20(29,6-2)7-3)8-12-13(25)14(26)16(32-12)24-10-11-9-21-17(27)22-15(11)23-18(24)28/h9-10,12-14,16,25-26,29H,5-8H2,1-4H3,(H,30,31)(H,22,23,27,28)/t12-,13?,14+,16-,19?/m1/s1. The van der Waals surface area contributed by atoms with Crippen LogP contribution in [0.25, 0.3) is 11.0 Å². The molecule has 34 heavy (non-hydrogen) atoms. The molecular weight excluding hydrogens is 471 g/mol. The third kappa shape index (κ3) is 4.87. The van der Waals surface area contributed by atoms with Crippen molar-refractivity contribution in [1.29, 1.82) is 0 Å². The molecule has 1 saturated heterocycles. The summed E-state index contributed by atoms with van der Waals surface area (Å²) < 4.78 is 25.3. The molecule has 5 N–H and O–H groups in total. The molecule has 1 fully saturated rings. The van der Waals surface area contributed by atoms with Gasteiger partial charge in [0.2, 0.25) is 0 Å². The molecule has 0 saturated carbocycles. The molecule has 6 atom stereocenters. The Hall–Kier alpha value is -1.99. The zero-order valence-electron chi connectivity index (χ0n) is 19.4. The maximum Gasteiger partial charge on any atom is 0.359 e. The Morgan fingerprint density at radius 2 is 1.85 bits per heavy atom. The van der Waals surface area contributed by atoms with Crippen molar-refractivity contribution in [2.75, 3.05) is 0 Å². The zero-order valence-corrected chi connectivity index (χ0v) is 20.3. The largest absolute Gasteiger partial charge is 0.388 e. The number of hydrogen-bond donors (Lipinski definition) is 5. The molecule has 2 aromatic rings. The van der Waals surface area contributed by atoms with Crippen LogP contribution in [0.4, 0.5) is 0 Å². The lowest BCUT2D eigenvalue weighted by atomic mass is 9.93. The molecule has 1 aliphatic heterocycles. The summed E-state index contributed by atoms with van der Waals surface area (Å²) in [6.45, 7) is 6.40. The van der Waals surface area contributed by atoms with Crippen LogP contribution in [0.3, 0.4) is 0 Å². The third-order valence-corrected chi connectivity index (χ3v) is 8.89. The van der Waals surface area contributed by atoms with Crippen molar-refractivity contribution >= 4 is 18.6 Å². The molecule has 13 nitrogen and oxygen atoms in total. The van der Waals surface area contributed by atoms with Gasteiger partial charge in [-0.1, -0.05) is 20.8 Å². The van der Waals surface area contributed by atoms with Gasteiger partial charge in [0.1, 0.15) is 17.9 Å². The number of aromatic nitrogens is 4. The van der Waals surface area contributed by atoms with Crippen molar-refractivity contribution in [3.05, 3.63) is 33.4 Å². The normalized spacial score (nSPS) is 26.9. The van der Waals surface area contributed by atoms with Crippen molar-refractivity contribution in [1.82, 2.24) is 19.5 Å². The Balaban J connectivity index is 1.87. The van der Waals surface area contributed by atoms with Gasteiger partial charge in [-0.25, -0.2) is 14.6 Å². The number of aromatic amines is 1. The lowest BCUT2D eigenvalue weighted by molar-refractivity contribution is -0.0719. The molecule has 0 radical (unpaired) electrons. The monoisotopic (exact) mass is 502 g/mol. The van der Waals surface area contributed by atoms with E-state index in [4.69, 9.17) is 9.26 Å². The number of nitrogens with zero attached hydrogens (tertiary/aromatic N) is 3. The minimum absolute atomic E-state index is 0.00157. The first-order valence-corrected chi connectivity index (χ1v) is 12.6. The van der Waals surface area contributed by atoms with Crippen LogP contribution in [0.5, 0.6) is 0 Å². The SMILES string of the molecule is CCC(C)(C[C@H]1O[C@@H](n2cc3cnc(=O)[nH]c3nc2=O)[C@@H](O)C1O)OP(=O)(O)C(O)(CC)CC. The number of H-pyrrole nitrogens is 1. The van der Waals surface area contributed by atoms with Crippen LogP contribution in [0.1, 0.15) is 59.6 Å². The van der Waals surface area contributed by atoms with Gasteiger partial charge < -0.3 is 29.5 Å². The van der Waals surface area contributed by atoms with Crippen LogP contribution >= 0.6 is 7.60 Å². The summed E-state index contributed by atoms with van der Waals surface area (Å²) >= 11 is 0. The third-order valence-electron chi connectivity index (χ3n) is 6.52. The van der Waals surface area contributed by atoms with Crippen LogP contribution in [0.15, 0.2) is 22.0 Å². The molecule has 3 unspecified atom stereocenters. The van der Waals surface area contributed by atoms with Crippen molar-refractivity contribution in [3.8, 4) is 0 Å². The molecule has 3 heterocycles. The highest BCUT2D eigenvalue weighted by atomic mass is 31.2. The minimum atomic E-state index is -4.50. The predicted octanol–water partition coefficient (Wildman–Crippen LogP) is 0.368. The fourth-order valence-electron chi connectivity index (χ4n) is 3.96. The van der Waals surface area contributed by atoms with E-state index in [-0.39, 0.29) is 31.3 Å². The highest BCUT2D eigenvalue weighted by Crippen LogP contribution is 2.60. The molecule has 0 amide bonds. The van der Waals surface area contributed by atoms with Crippen molar-refractivity contribution in [2.24, 2.45) is 0 Å². The Morgan fingerprint density at radius 3 is 2.44 bits per heavy atom. The number of nitrogens with one attached hydrogen (secondary N) is 1. The van der Waals surface area contributed by atoms with Crippen molar-refractivity contribution < 1.29 is 34.0 Å². The average molecular weight is 502 g/mol. The summed E-state index contributed by atoms with van der Waals surface area (Å²) in [5, 5.41) is 30.2. The summed E-state index contributed by atoms with van der Waals surface area (Å²) in [7, 11) is -4.50. The Kier molecular flexibility index (Phi) is 7.49. The van der Waals surface area contributed by atoms with Gasteiger partial charge in [0.05, 0.1) is 17.1 Å². The van der Waals surface area contributed by atoms with E-state index in [1.165, 1.54) is 12.4 Å². The van der Waals surface area contributed by atoms with Crippen LogP contribution in [-0.4, -0.2) is 69.0 Å². The number of ether oxygens (including phenoxy) is 1. The molecule has 0 spiro atoms. The van der Waals surface area contributed by atoms with E-state index in [1.807, 2.05) is 0 Å². The second-order valence-corrected chi connectivity index (χ2v) is 10.8. The van der Waals surface area contributed by atoms with Gasteiger partial charge in [-0.15, -0.1) is 0 Å². The molecule has 0 bridgehead atoms. The van der Waals surface area contributed by atoms with E-state index in [0.717, 1.165) is 4.57 Å². The fraction of sp³-hybridized carbons (Fsp3) is 0.700.